The summed E-state index contributed by atoms with van der Waals surface area (Å²) in [4.78, 5) is 14.8. The maximum absolute atomic E-state index is 11.0. The summed E-state index contributed by atoms with van der Waals surface area (Å²) in [7, 11) is 0. The van der Waals surface area contributed by atoms with Crippen molar-refractivity contribution in [2.45, 2.75) is 13.8 Å². The molecule has 0 aliphatic rings. The van der Waals surface area contributed by atoms with Gasteiger partial charge in [-0.15, -0.1) is 0 Å². The minimum Gasteiger partial charge on any atom is -0.318 e. The van der Waals surface area contributed by atoms with Crippen molar-refractivity contribution in [1.29, 1.82) is 0 Å². The van der Waals surface area contributed by atoms with Crippen molar-refractivity contribution < 1.29 is 4.92 Å². The van der Waals surface area contributed by atoms with Gasteiger partial charge < -0.3 is 4.57 Å². The van der Waals surface area contributed by atoms with E-state index in [4.69, 9.17) is 11.6 Å². The molecule has 0 amide bonds. The number of rotatable bonds is 4. The third-order valence-corrected chi connectivity index (χ3v) is 4.28. The summed E-state index contributed by atoms with van der Waals surface area (Å²) < 4.78 is 2.14. The quantitative estimate of drug-likeness (QED) is 0.358. The molecule has 0 spiro atoms. The number of nitro groups is 1. The van der Waals surface area contributed by atoms with Gasteiger partial charge in [0.05, 0.1) is 10.6 Å². The SMILES string of the molecule is Cc1cc(C=Nc2ccc(Cl)c([N+](=O)[O-])c2)c(C)n1-c1ccccc1. The zero-order valence-electron chi connectivity index (χ0n) is 13.8. The van der Waals surface area contributed by atoms with Crippen LogP contribution >= 0.6 is 11.6 Å². The first-order chi connectivity index (χ1) is 12.0. The van der Waals surface area contributed by atoms with E-state index < -0.39 is 4.92 Å². The van der Waals surface area contributed by atoms with Crippen LogP contribution in [0.4, 0.5) is 11.4 Å². The normalized spacial score (nSPS) is 11.2. The third-order valence-electron chi connectivity index (χ3n) is 3.96. The Balaban J connectivity index is 1.96. The summed E-state index contributed by atoms with van der Waals surface area (Å²) in [5.74, 6) is 0. The molecule has 1 heterocycles. The molecule has 126 valence electrons. The standard InChI is InChI=1S/C19H16ClN3O2/c1-13-10-15(14(2)22(13)17-6-4-3-5-7-17)12-21-16-8-9-18(20)19(11-16)23(24)25/h3-12H,1-2H3. The van der Waals surface area contributed by atoms with E-state index in [2.05, 4.69) is 9.56 Å². The Bertz CT molecular complexity index is 962. The Morgan fingerprint density at radius 2 is 1.84 bits per heavy atom. The van der Waals surface area contributed by atoms with Gasteiger partial charge in [0.25, 0.3) is 5.69 Å². The number of hydrogen-bond donors (Lipinski definition) is 0. The van der Waals surface area contributed by atoms with Gasteiger partial charge in [0.2, 0.25) is 0 Å². The van der Waals surface area contributed by atoms with E-state index in [0.29, 0.717) is 5.69 Å². The lowest BCUT2D eigenvalue weighted by atomic mass is 10.2. The third kappa shape index (κ3) is 3.46. The molecule has 0 N–H and O–H groups in total. The zero-order valence-corrected chi connectivity index (χ0v) is 14.6. The lowest BCUT2D eigenvalue weighted by Gasteiger charge is -2.08. The molecule has 3 aromatic rings. The zero-order chi connectivity index (χ0) is 18.0. The summed E-state index contributed by atoms with van der Waals surface area (Å²) in [6, 6.07) is 16.6. The Kier molecular flexibility index (Phi) is 4.67. The molecule has 0 unspecified atom stereocenters. The van der Waals surface area contributed by atoms with E-state index in [1.807, 2.05) is 50.2 Å². The molecule has 0 saturated heterocycles. The highest BCUT2D eigenvalue weighted by Gasteiger charge is 2.13. The molecular formula is C19H16ClN3O2. The summed E-state index contributed by atoms with van der Waals surface area (Å²) >= 11 is 5.83. The van der Waals surface area contributed by atoms with Crippen LogP contribution in [0.25, 0.3) is 5.69 Å². The summed E-state index contributed by atoms with van der Waals surface area (Å²) in [5.41, 5.74) is 4.52. The van der Waals surface area contributed by atoms with Gasteiger partial charge in [-0.3, -0.25) is 15.1 Å². The largest absolute Gasteiger partial charge is 0.318 e. The van der Waals surface area contributed by atoms with Crippen LogP contribution in [0.15, 0.2) is 59.6 Å². The molecule has 0 aliphatic carbocycles. The van der Waals surface area contributed by atoms with E-state index in [0.717, 1.165) is 22.6 Å². The minimum atomic E-state index is -0.511. The number of nitrogens with zero attached hydrogens (tertiary/aromatic N) is 3. The van der Waals surface area contributed by atoms with Gasteiger partial charge >= 0.3 is 0 Å². The van der Waals surface area contributed by atoms with Crippen molar-refractivity contribution in [3.8, 4) is 5.69 Å². The molecule has 0 bridgehead atoms. The second-order valence-corrected chi connectivity index (χ2v) is 6.06. The highest BCUT2D eigenvalue weighted by Crippen LogP contribution is 2.29. The Morgan fingerprint density at radius 1 is 1.12 bits per heavy atom. The van der Waals surface area contributed by atoms with E-state index in [-0.39, 0.29) is 10.7 Å². The highest BCUT2D eigenvalue weighted by atomic mass is 35.5. The van der Waals surface area contributed by atoms with Crippen LogP contribution in [0.5, 0.6) is 0 Å². The predicted molar refractivity (Wildman–Crippen MR) is 101 cm³/mol. The molecule has 1 aromatic heterocycles. The molecule has 3 rings (SSSR count). The van der Waals surface area contributed by atoms with Gasteiger partial charge in [-0.1, -0.05) is 29.8 Å². The topological polar surface area (TPSA) is 60.4 Å². The Hall–Kier alpha value is -2.92. The Morgan fingerprint density at radius 3 is 2.52 bits per heavy atom. The first kappa shape index (κ1) is 16.9. The average molecular weight is 354 g/mol. The van der Waals surface area contributed by atoms with Crippen molar-refractivity contribution in [2.24, 2.45) is 4.99 Å². The first-order valence-electron chi connectivity index (χ1n) is 7.70. The molecule has 5 nitrogen and oxygen atoms in total. The van der Waals surface area contributed by atoms with Crippen LogP contribution < -0.4 is 0 Å². The second kappa shape index (κ2) is 6.91. The van der Waals surface area contributed by atoms with E-state index in [1.165, 1.54) is 12.1 Å². The van der Waals surface area contributed by atoms with Crippen LogP contribution in [0.3, 0.4) is 0 Å². The van der Waals surface area contributed by atoms with E-state index in [9.17, 15) is 10.1 Å². The second-order valence-electron chi connectivity index (χ2n) is 5.65. The molecule has 0 atom stereocenters. The molecular weight excluding hydrogens is 338 g/mol. The summed E-state index contributed by atoms with van der Waals surface area (Å²) in [5, 5.41) is 11.1. The van der Waals surface area contributed by atoms with E-state index >= 15 is 0 Å². The molecule has 0 fully saturated rings. The lowest BCUT2D eigenvalue weighted by molar-refractivity contribution is -0.384. The van der Waals surface area contributed by atoms with Gasteiger partial charge in [0, 0.05) is 34.9 Å². The van der Waals surface area contributed by atoms with Crippen molar-refractivity contribution in [1.82, 2.24) is 4.57 Å². The maximum Gasteiger partial charge on any atom is 0.290 e. The van der Waals surface area contributed by atoms with Crippen LogP contribution in [0, 0.1) is 24.0 Å². The minimum absolute atomic E-state index is 0.103. The molecule has 0 radical (unpaired) electrons. The van der Waals surface area contributed by atoms with Crippen LogP contribution in [0.2, 0.25) is 5.02 Å². The predicted octanol–water partition coefficient (Wildman–Crippen LogP) is 5.41. The number of hydrogen-bond acceptors (Lipinski definition) is 3. The number of para-hydroxylation sites is 1. The number of aliphatic imine (C=N–C) groups is 1. The monoisotopic (exact) mass is 353 g/mol. The molecule has 0 aliphatic heterocycles. The smallest absolute Gasteiger partial charge is 0.290 e. The van der Waals surface area contributed by atoms with Crippen molar-refractivity contribution in [3.63, 3.8) is 0 Å². The maximum atomic E-state index is 11.0. The summed E-state index contributed by atoms with van der Waals surface area (Å²) in [6.45, 7) is 4.05. The number of benzene rings is 2. The van der Waals surface area contributed by atoms with Crippen molar-refractivity contribution in [2.75, 3.05) is 0 Å². The first-order valence-corrected chi connectivity index (χ1v) is 8.07. The van der Waals surface area contributed by atoms with Crippen LogP contribution in [-0.2, 0) is 0 Å². The molecule has 6 heteroatoms. The van der Waals surface area contributed by atoms with Gasteiger partial charge in [-0.05, 0) is 44.2 Å². The highest BCUT2D eigenvalue weighted by molar-refractivity contribution is 6.32. The summed E-state index contributed by atoms with van der Waals surface area (Å²) in [6.07, 6.45) is 1.72. The fraction of sp³-hybridized carbons (Fsp3) is 0.105. The molecule has 2 aromatic carbocycles. The fourth-order valence-corrected chi connectivity index (χ4v) is 2.94. The molecule has 0 saturated carbocycles. The average Bonchev–Trinajstić information content (AvgIpc) is 2.88. The van der Waals surface area contributed by atoms with Gasteiger partial charge in [0.15, 0.2) is 0 Å². The number of aryl methyl sites for hydroxylation is 1. The van der Waals surface area contributed by atoms with Crippen LogP contribution in [-0.4, -0.2) is 15.7 Å². The van der Waals surface area contributed by atoms with Gasteiger partial charge in [-0.2, -0.15) is 0 Å². The van der Waals surface area contributed by atoms with Crippen molar-refractivity contribution >= 4 is 29.2 Å². The van der Waals surface area contributed by atoms with Crippen LogP contribution in [0.1, 0.15) is 17.0 Å². The lowest BCUT2D eigenvalue weighted by Crippen LogP contribution is -1.99. The van der Waals surface area contributed by atoms with Gasteiger partial charge in [-0.25, -0.2) is 0 Å². The van der Waals surface area contributed by atoms with E-state index in [1.54, 1.807) is 12.3 Å². The number of nitro benzene ring substituents is 1. The van der Waals surface area contributed by atoms with Crippen molar-refractivity contribution in [3.05, 3.63) is 86.7 Å². The number of halogens is 1. The fourth-order valence-electron chi connectivity index (χ4n) is 2.76. The molecule has 25 heavy (non-hydrogen) atoms. The van der Waals surface area contributed by atoms with Gasteiger partial charge in [0.1, 0.15) is 5.02 Å². The Labute approximate surface area is 150 Å². The number of aromatic nitrogens is 1.